The van der Waals surface area contributed by atoms with E-state index in [4.69, 9.17) is 9.47 Å². The van der Waals surface area contributed by atoms with Crippen molar-refractivity contribution in [2.24, 2.45) is 5.92 Å². The van der Waals surface area contributed by atoms with E-state index in [0.717, 1.165) is 30.2 Å². The van der Waals surface area contributed by atoms with Crippen molar-refractivity contribution < 1.29 is 19.1 Å². The number of nitrogens with zero attached hydrogens (tertiary/aromatic N) is 2. The summed E-state index contributed by atoms with van der Waals surface area (Å²) in [4.78, 5) is 28.8. The molecule has 0 bridgehead atoms. The van der Waals surface area contributed by atoms with Crippen molar-refractivity contribution in [2.75, 3.05) is 31.7 Å². The van der Waals surface area contributed by atoms with Crippen LogP contribution in [-0.2, 0) is 9.53 Å². The van der Waals surface area contributed by atoms with Gasteiger partial charge in [0.15, 0.2) is 5.13 Å². The molecule has 3 aromatic rings. The van der Waals surface area contributed by atoms with E-state index in [0.29, 0.717) is 23.2 Å². The Labute approximate surface area is 184 Å². The lowest BCUT2D eigenvalue weighted by molar-refractivity contribution is -0.115. The molecule has 0 unspecified atom stereocenters. The Bertz CT molecular complexity index is 1060. The van der Waals surface area contributed by atoms with Gasteiger partial charge in [-0.3, -0.25) is 9.59 Å². The fourth-order valence-electron chi connectivity index (χ4n) is 2.94. The predicted molar refractivity (Wildman–Crippen MR) is 120 cm³/mol. The summed E-state index contributed by atoms with van der Waals surface area (Å²) in [5.41, 5.74) is 2.15. The minimum atomic E-state index is -0.337. The third-order valence-corrected chi connectivity index (χ3v) is 5.52. The van der Waals surface area contributed by atoms with E-state index in [1.165, 1.54) is 11.3 Å². The van der Waals surface area contributed by atoms with Gasteiger partial charge in [-0.1, -0.05) is 19.0 Å². The molecule has 159 valence electrons. The highest BCUT2D eigenvalue weighted by Gasteiger charge is 2.19. The number of carbonyl (C=O) groups excluding carboxylic acids is 2. The topological polar surface area (TPSA) is 94.5 Å². The summed E-state index contributed by atoms with van der Waals surface area (Å²) in [5, 5.41) is 7.67. The number of rotatable bonds is 9. The first-order valence-corrected chi connectivity index (χ1v) is 10.8. The minimum Gasteiger partial charge on any atom is -0.493 e. The fraction of sp³-hybridized carbons (Fsp3) is 0.286. The number of benzene rings is 1. The Morgan fingerprint density at radius 1 is 1.35 bits per heavy atom. The average Bonchev–Trinajstić information content (AvgIpc) is 3.41. The second-order valence-corrected chi connectivity index (χ2v) is 7.97. The van der Waals surface area contributed by atoms with Gasteiger partial charge in [0.25, 0.3) is 5.91 Å². The van der Waals surface area contributed by atoms with Gasteiger partial charge in [-0.05, 0) is 24.4 Å². The van der Waals surface area contributed by atoms with Crippen molar-refractivity contribution in [3.05, 3.63) is 53.7 Å². The molecule has 2 aromatic heterocycles. The summed E-state index contributed by atoms with van der Waals surface area (Å²) in [6, 6.07) is 9.39. The van der Waals surface area contributed by atoms with E-state index in [2.05, 4.69) is 15.6 Å². The number of amides is 2. The van der Waals surface area contributed by atoms with Crippen LogP contribution in [0.15, 0.2) is 48.1 Å². The number of nitrogens with one attached hydrogen (secondary N) is 2. The molecule has 3 heterocycles. The van der Waals surface area contributed by atoms with E-state index in [1.807, 2.05) is 43.9 Å². The minimum absolute atomic E-state index is 0.136. The highest BCUT2D eigenvalue weighted by atomic mass is 32.1. The molecule has 8 nitrogen and oxygen atoms in total. The van der Waals surface area contributed by atoms with Crippen LogP contribution in [0, 0.1) is 5.92 Å². The van der Waals surface area contributed by atoms with Gasteiger partial charge < -0.3 is 24.6 Å². The van der Waals surface area contributed by atoms with Crippen LogP contribution in [0.2, 0.25) is 6.82 Å². The summed E-state index contributed by atoms with van der Waals surface area (Å²) >= 11 is 1.33. The smallest absolute Gasteiger partial charge is 0.253 e. The molecule has 10 heteroatoms. The third-order valence-electron chi connectivity index (χ3n) is 4.76. The molecule has 4 rings (SSSR count). The molecule has 2 amide bonds. The van der Waals surface area contributed by atoms with Gasteiger partial charge in [0, 0.05) is 23.1 Å². The molecule has 1 saturated heterocycles. The number of hydrogen-bond acceptors (Lipinski definition) is 6. The summed E-state index contributed by atoms with van der Waals surface area (Å²) in [6.07, 6.45) is 3.46. The number of ether oxygens (including phenoxy) is 2. The summed E-state index contributed by atoms with van der Waals surface area (Å²) < 4.78 is 12.8. The maximum absolute atomic E-state index is 12.2. The van der Waals surface area contributed by atoms with Crippen molar-refractivity contribution >= 4 is 35.7 Å². The van der Waals surface area contributed by atoms with Crippen molar-refractivity contribution in [1.29, 1.82) is 0 Å². The van der Waals surface area contributed by atoms with Crippen molar-refractivity contribution in [3.8, 4) is 17.0 Å². The lowest BCUT2D eigenvalue weighted by Crippen LogP contribution is -2.32. The molecule has 0 aliphatic carbocycles. The lowest BCUT2D eigenvalue weighted by Gasteiger charge is -2.25. The van der Waals surface area contributed by atoms with Gasteiger partial charge in [0.2, 0.25) is 13.3 Å². The molecule has 1 fully saturated rings. The van der Waals surface area contributed by atoms with Gasteiger partial charge in [0.05, 0.1) is 37.6 Å². The maximum Gasteiger partial charge on any atom is 0.253 e. The fourth-order valence-corrected chi connectivity index (χ4v) is 3.67. The maximum atomic E-state index is 12.2. The predicted octanol–water partition coefficient (Wildman–Crippen LogP) is 2.52. The summed E-state index contributed by atoms with van der Waals surface area (Å²) in [6.45, 7) is 3.86. The SMILES string of the molecule is C[B]n1ccc(C(=O)NCC(=O)Nc2nc(-c3cccc(OCC4COC4)c3)cs2)c1. The number of hydrogen-bond donors (Lipinski definition) is 2. The van der Waals surface area contributed by atoms with E-state index >= 15 is 0 Å². The second kappa shape index (κ2) is 9.80. The number of thiazole rings is 1. The van der Waals surface area contributed by atoms with Gasteiger partial charge >= 0.3 is 0 Å². The number of carbonyl (C=O) groups is 2. The van der Waals surface area contributed by atoms with Crippen LogP contribution in [-0.4, -0.2) is 55.1 Å². The van der Waals surface area contributed by atoms with E-state index in [9.17, 15) is 9.59 Å². The molecule has 1 aliphatic rings. The lowest BCUT2D eigenvalue weighted by atomic mass is 10.0. The van der Waals surface area contributed by atoms with Crippen LogP contribution in [0.3, 0.4) is 0 Å². The van der Waals surface area contributed by atoms with E-state index in [-0.39, 0.29) is 18.4 Å². The molecule has 1 radical (unpaired) electrons. The first-order chi connectivity index (χ1) is 15.1. The Kier molecular flexibility index (Phi) is 6.68. The summed E-state index contributed by atoms with van der Waals surface area (Å²) in [5.74, 6) is 0.590. The first kappa shape index (κ1) is 21.1. The normalized spacial score (nSPS) is 13.3. The summed E-state index contributed by atoms with van der Waals surface area (Å²) in [7, 11) is 1.83. The molecule has 0 atom stereocenters. The van der Waals surface area contributed by atoms with Crippen LogP contribution < -0.4 is 15.4 Å². The zero-order valence-corrected chi connectivity index (χ0v) is 17.9. The van der Waals surface area contributed by atoms with Crippen LogP contribution >= 0.6 is 11.3 Å². The average molecular weight is 437 g/mol. The molecule has 31 heavy (non-hydrogen) atoms. The molecule has 1 aliphatic heterocycles. The van der Waals surface area contributed by atoms with Crippen LogP contribution in [0.1, 0.15) is 10.4 Å². The van der Waals surface area contributed by atoms with Gasteiger partial charge in [-0.2, -0.15) is 0 Å². The largest absolute Gasteiger partial charge is 0.493 e. The van der Waals surface area contributed by atoms with E-state index in [1.54, 1.807) is 22.9 Å². The number of anilines is 1. The standard InChI is InChI=1S/C21H22BN4O4S/c1-22-26-6-5-16(9-26)20(28)23-8-19(27)25-21-24-18(13-31-21)15-3-2-4-17(7-15)30-12-14-10-29-11-14/h2-7,9,13-14H,8,10-12H2,1H3,(H,23,28)(H,24,25,27). The zero-order chi connectivity index (χ0) is 21.6. The van der Waals surface area contributed by atoms with Gasteiger partial charge in [-0.25, -0.2) is 4.98 Å². The molecule has 2 N–H and O–H groups in total. The van der Waals surface area contributed by atoms with Gasteiger partial charge in [-0.15, -0.1) is 11.3 Å². The third kappa shape index (κ3) is 5.53. The van der Waals surface area contributed by atoms with Crippen LogP contribution in [0.25, 0.3) is 11.3 Å². The van der Waals surface area contributed by atoms with Gasteiger partial charge in [0.1, 0.15) is 5.75 Å². The quantitative estimate of drug-likeness (QED) is 0.502. The molecular weight excluding hydrogens is 415 g/mol. The molecular formula is C21H22BN4O4S. The Morgan fingerprint density at radius 2 is 2.23 bits per heavy atom. The monoisotopic (exact) mass is 437 g/mol. The van der Waals surface area contributed by atoms with Crippen molar-refractivity contribution in [2.45, 2.75) is 6.82 Å². The van der Waals surface area contributed by atoms with Crippen LogP contribution in [0.5, 0.6) is 5.75 Å². The second-order valence-electron chi connectivity index (χ2n) is 7.12. The van der Waals surface area contributed by atoms with Crippen LogP contribution in [0.4, 0.5) is 5.13 Å². The molecule has 0 saturated carbocycles. The Morgan fingerprint density at radius 3 is 2.97 bits per heavy atom. The first-order valence-electron chi connectivity index (χ1n) is 9.92. The highest BCUT2D eigenvalue weighted by Crippen LogP contribution is 2.28. The van der Waals surface area contributed by atoms with Crippen molar-refractivity contribution in [1.82, 2.24) is 14.8 Å². The highest BCUT2D eigenvalue weighted by molar-refractivity contribution is 7.14. The Hall–Kier alpha value is -3.11. The molecule has 1 aromatic carbocycles. The molecule has 0 spiro atoms. The Balaban J connectivity index is 1.29. The van der Waals surface area contributed by atoms with E-state index < -0.39 is 0 Å². The van der Waals surface area contributed by atoms with Crippen molar-refractivity contribution in [3.63, 3.8) is 0 Å². The number of aromatic nitrogens is 2. The zero-order valence-electron chi connectivity index (χ0n) is 17.0.